The van der Waals surface area contributed by atoms with E-state index in [9.17, 15) is 4.79 Å². The van der Waals surface area contributed by atoms with Crippen LogP contribution in [0.15, 0.2) is 0 Å². The number of carbonyl (C=O) groups is 1. The van der Waals surface area contributed by atoms with Crippen LogP contribution in [-0.2, 0) is 4.74 Å². The van der Waals surface area contributed by atoms with E-state index in [2.05, 4.69) is 35.1 Å². The van der Waals surface area contributed by atoms with Gasteiger partial charge in [-0.2, -0.15) is 0 Å². The van der Waals surface area contributed by atoms with Crippen LogP contribution in [-0.4, -0.2) is 22.6 Å². The molecule has 1 N–H and O–H groups in total. The van der Waals surface area contributed by atoms with Crippen molar-refractivity contribution in [2.24, 2.45) is 5.41 Å². The van der Waals surface area contributed by atoms with Crippen LogP contribution in [0.1, 0.15) is 66.7 Å². The molecule has 19 heavy (non-hydrogen) atoms. The third-order valence-corrected chi connectivity index (χ3v) is 5.48. The molecule has 1 aliphatic carbocycles. The maximum atomic E-state index is 12.1. The number of hydrogen-bond donors (Lipinski definition) is 1. The van der Waals surface area contributed by atoms with E-state index >= 15 is 0 Å². The molecule has 0 heterocycles. The summed E-state index contributed by atoms with van der Waals surface area (Å²) >= 11 is 3.60. The fraction of sp³-hybridized carbons (Fsp3) is 0.933. The Kier molecular flexibility index (Phi) is 5.33. The summed E-state index contributed by atoms with van der Waals surface area (Å²) in [5, 5.41) is 4.06. The van der Waals surface area contributed by atoms with Crippen LogP contribution in [0, 0.1) is 5.41 Å². The third-order valence-electron chi connectivity index (χ3n) is 4.08. The fourth-order valence-corrected chi connectivity index (χ4v) is 3.29. The van der Waals surface area contributed by atoms with Crippen LogP contribution in [0.2, 0.25) is 0 Å². The van der Waals surface area contributed by atoms with E-state index in [1.165, 1.54) is 19.3 Å². The highest BCUT2D eigenvalue weighted by atomic mass is 79.9. The first-order valence-electron chi connectivity index (χ1n) is 7.19. The van der Waals surface area contributed by atoms with Gasteiger partial charge in [-0.15, -0.1) is 0 Å². The van der Waals surface area contributed by atoms with Gasteiger partial charge < -0.3 is 10.1 Å². The van der Waals surface area contributed by atoms with Crippen molar-refractivity contribution in [1.82, 2.24) is 5.32 Å². The van der Waals surface area contributed by atoms with E-state index in [-0.39, 0.29) is 17.0 Å². The maximum Gasteiger partial charge on any atom is 0.408 e. The zero-order chi connectivity index (χ0) is 14.7. The van der Waals surface area contributed by atoms with Gasteiger partial charge in [0.2, 0.25) is 0 Å². The second-order valence-corrected chi connectivity index (χ2v) is 7.85. The van der Waals surface area contributed by atoms with Crippen molar-refractivity contribution in [2.45, 2.75) is 77.9 Å². The highest BCUT2D eigenvalue weighted by Crippen LogP contribution is 2.43. The molecule has 0 spiro atoms. The van der Waals surface area contributed by atoms with Crippen molar-refractivity contribution in [3.8, 4) is 0 Å². The topological polar surface area (TPSA) is 38.3 Å². The summed E-state index contributed by atoms with van der Waals surface area (Å²) in [7, 11) is 0. The molecule has 0 bridgehead atoms. The number of carbonyl (C=O) groups excluding carboxylic acids is 1. The highest BCUT2D eigenvalue weighted by Gasteiger charge is 2.46. The van der Waals surface area contributed by atoms with E-state index in [0.717, 1.165) is 18.2 Å². The molecule has 3 nitrogen and oxygen atoms in total. The standard InChI is InChI=1S/C15H28BrNO2/c1-13(2,3)19-12(18)17-15(14(4,5)11-16)9-7-6-8-10-15/h6-11H2,1-5H3,(H,17,18). The van der Waals surface area contributed by atoms with E-state index in [1.807, 2.05) is 20.8 Å². The summed E-state index contributed by atoms with van der Waals surface area (Å²) in [4.78, 5) is 12.1. The van der Waals surface area contributed by atoms with Gasteiger partial charge in [0.05, 0.1) is 0 Å². The van der Waals surface area contributed by atoms with Crippen LogP contribution in [0.4, 0.5) is 4.79 Å². The second-order valence-electron chi connectivity index (χ2n) is 7.29. The predicted octanol–water partition coefficient (Wildman–Crippen LogP) is 4.64. The zero-order valence-electron chi connectivity index (χ0n) is 12.9. The number of rotatable bonds is 3. The van der Waals surface area contributed by atoms with E-state index in [1.54, 1.807) is 0 Å². The third kappa shape index (κ3) is 4.37. The zero-order valence-corrected chi connectivity index (χ0v) is 14.5. The van der Waals surface area contributed by atoms with Gasteiger partial charge in [-0.25, -0.2) is 4.79 Å². The molecule has 0 aromatic carbocycles. The van der Waals surface area contributed by atoms with Crippen LogP contribution < -0.4 is 5.32 Å². The summed E-state index contributed by atoms with van der Waals surface area (Å²) < 4.78 is 5.44. The van der Waals surface area contributed by atoms with Crippen molar-refractivity contribution in [3.63, 3.8) is 0 Å². The number of hydrogen-bond acceptors (Lipinski definition) is 2. The summed E-state index contributed by atoms with van der Waals surface area (Å²) in [5.41, 5.74) is -0.583. The number of alkyl halides is 1. The molecule has 0 atom stereocenters. The highest BCUT2D eigenvalue weighted by molar-refractivity contribution is 9.09. The SMILES string of the molecule is CC(C)(C)OC(=O)NC1(C(C)(C)CBr)CCCCC1. The lowest BCUT2D eigenvalue weighted by Crippen LogP contribution is -2.60. The Morgan fingerprint density at radius 3 is 2.11 bits per heavy atom. The van der Waals surface area contributed by atoms with E-state index in [4.69, 9.17) is 4.74 Å². The van der Waals surface area contributed by atoms with Gasteiger partial charge in [0, 0.05) is 10.9 Å². The fourth-order valence-electron chi connectivity index (χ4n) is 2.75. The quantitative estimate of drug-likeness (QED) is 0.764. The van der Waals surface area contributed by atoms with Crippen LogP contribution in [0.5, 0.6) is 0 Å². The van der Waals surface area contributed by atoms with E-state index in [0.29, 0.717) is 0 Å². The van der Waals surface area contributed by atoms with Crippen LogP contribution >= 0.6 is 15.9 Å². The maximum absolute atomic E-state index is 12.1. The van der Waals surface area contributed by atoms with E-state index < -0.39 is 5.60 Å². The molecule has 4 heteroatoms. The van der Waals surface area contributed by atoms with Gasteiger partial charge >= 0.3 is 6.09 Å². The first kappa shape index (κ1) is 16.8. The molecule has 0 aliphatic heterocycles. The van der Waals surface area contributed by atoms with Crippen molar-refractivity contribution >= 4 is 22.0 Å². The van der Waals surface area contributed by atoms with Crippen molar-refractivity contribution in [1.29, 1.82) is 0 Å². The smallest absolute Gasteiger partial charge is 0.408 e. The molecule has 1 saturated carbocycles. The van der Waals surface area contributed by atoms with Gasteiger partial charge in [-0.05, 0) is 39.0 Å². The molecule has 1 amide bonds. The molecule has 0 aromatic rings. The molecule has 0 aromatic heterocycles. The minimum Gasteiger partial charge on any atom is -0.444 e. The lowest BCUT2D eigenvalue weighted by molar-refractivity contribution is 0.0257. The Bertz CT molecular complexity index is 315. The summed E-state index contributed by atoms with van der Waals surface area (Å²) in [6, 6.07) is 0. The Morgan fingerprint density at radius 2 is 1.68 bits per heavy atom. The predicted molar refractivity (Wildman–Crippen MR) is 82.8 cm³/mol. The minimum atomic E-state index is -0.446. The largest absolute Gasteiger partial charge is 0.444 e. The Hall–Kier alpha value is -0.250. The van der Waals surface area contributed by atoms with Gasteiger partial charge in [-0.1, -0.05) is 49.0 Å². The molecule has 112 valence electrons. The average Bonchev–Trinajstić information content (AvgIpc) is 2.27. The van der Waals surface area contributed by atoms with Crippen molar-refractivity contribution in [3.05, 3.63) is 0 Å². The molecule has 0 saturated heterocycles. The lowest BCUT2D eigenvalue weighted by Gasteiger charge is -2.49. The minimum absolute atomic E-state index is 0.0182. The lowest BCUT2D eigenvalue weighted by atomic mass is 9.65. The molecule has 0 radical (unpaired) electrons. The van der Waals surface area contributed by atoms with Crippen molar-refractivity contribution in [2.75, 3.05) is 5.33 Å². The number of nitrogens with one attached hydrogen (secondary N) is 1. The number of ether oxygens (including phenoxy) is 1. The number of amides is 1. The Morgan fingerprint density at radius 1 is 1.16 bits per heavy atom. The molecule has 1 fully saturated rings. The van der Waals surface area contributed by atoms with Gasteiger partial charge in [0.1, 0.15) is 5.60 Å². The Labute approximate surface area is 126 Å². The van der Waals surface area contributed by atoms with Gasteiger partial charge in [0.25, 0.3) is 0 Å². The van der Waals surface area contributed by atoms with Gasteiger partial charge in [0.15, 0.2) is 0 Å². The average molecular weight is 334 g/mol. The monoisotopic (exact) mass is 333 g/mol. The Balaban J connectivity index is 2.84. The molecule has 1 rings (SSSR count). The van der Waals surface area contributed by atoms with Crippen molar-refractivity contribution < 1.29 is 9.53 Å². The summed E-state index contributed by atoms with van der Waals surface area (Å²) in [6.45, 7) is 10.1. The number of halogens is 1. The number of alkyl carbamates (subject to hydrolysis) is 1. The second kappa shape index (κ2) is 6.02. The summed E-state index contributed by atoms with van der Waals surface area (Å²) in [6.07, 6.45) is 5.38. The summed E-state index contributed by atoms with van der Waals surface area (Å²) in [5.74, 6) is 0. The molecular weight excluding hydrogens is 306 g/mol. The van der Waals surface area contributed by atoms with Gasteiger partial charge in [-0.3, -0.25) is 0 Å². The van der Waals surface area contributed by atoms with Crippen LogP contribution in [0.25, 0.3) is 0 Å². The molecule has 1 aliphatic rings. The molecular formula is C15H28BrNO2. The molecule has 0 unspecified atom stereocenters. The first-order chi connectivity index (χ1) is 8.62. The van der Waals surface area contributed by atoms with Crippen LogP contribution in [0.3, 0.4) is 0 Å². The first-order valence-corrected chi connectivity index (χ1v) is 8.31. The normalized spacial score (nSPS) is 19.9.